The predicted molar refractivity (Wildman–Crippen MR) is 233 cm³/mol. The van der Waals surface area contributed by atoms with Gasteiger partial charge in [0.25, 0.3) is 11.5 Å². The highest BCUT2D eigenvalue weighted by molar-refractivity contribution is 7.62. The van der Waals surface area contributed by atoms with E-state index >= 15 is 0 Å². The summed E-state index contributed by atoms with van der Waals surface area (Å²) >= 11 is 0. The molecule has 0 radical (unpaired) electrons. The maximum absolute atomic E-state index is 14.2. The number of aromatic nitrogens is 2. The van der Waals surface area contributed by atoms with E-state index in [0.717, 1.165) is 16.7 Å². The number of hydrogen-bond donors (Lipinski definition) is 3. The van der Waals surface area contributed by atoms with Crippen molar-refractivity contribution in [2.24, 2.45) is 0 Å². The quantitative estimate of drug-likeness (QED) is 0.0467. The number of aliphatic hydroxyl groups is 1. The number of H-pyrrole nitrogens is 1. The zero-order valence-electron chi connectivity index (χ0n) is 35.9. The molecule has 1 saturated heterocycles. The van der Waals surface area contributed by atoms with Crippen LogP contribution in [0.4, 0.5) is 0 Å². The maximum atomic E-state index is 14.2. The van der Waals surface area contributed by atoms with Crippen LogP contribution in [0.15, 0.2) is 125 Å². The third kappa shape index (κ3) is 9.51. The van der Waals surface area contributed by atoms with Crippen LogP contribution in [-0.2, 0) is 24.1 Å². The monoisotopic (exact) mass is 855 g/mol. The first-order chi connectivity index (χ1) is 29.2. The third-order valence-corrected chi connectivity index (χ3v) is 13.8. The maximum Gasteiger partial charge on any atom is 0.465 e. The Labute approximate surface area is 357 Å². The van der Waals surface area contributed by atoms with E-state index in [-0.39, 0.29) is 37.3 Å². The molecule has 0 saturated carbocycles. The molecule has 3 N–H and O–H groups in total. The molecule has 1 aliphatic rings. The molecule has 1 amide bonds. The normalized spacial score (nSPS) is 19.0. The van der Waals surface area contributed by atoms with E-state index in [1.54, 1.807) is 52.3 Å². The van der Waals surface area contributed by atoms with Crippen LogP contribution in [0.25, 0.3) is 0 Å². The number of benzene rings is 4. The van der Waals surface area contributed by atoms with E-state index in [2.05, 4.69) is 10.1 Å². The van der Waals surface area contributed by atoms with Crippen LogP contribution in [0.3, 0.4) is 0 Å². The van der Waals surface area contributed by atoms with Gasteiger partial charge >= 0.3 is 13.7 Å². The zero-order chi connectivity index (χ0) is 44.0. The van der Waals surface area contributed by atoms with E-state index in [1.165, 1.54) is 10.8 Å². The fraction of sp³-hybridized carbons (Fsp3) is 0.370. The minimum Gasteiger partial charge on any atom is -0.497 e. The molecule has 5 aromatic rings. The summed E-state index contributed by atoms with van der Waals surface area (Å²) in [6.45, 7) is 10.9. The van der Waals surface area contributed by atoms with Gasteiger partial charge in [-0.1, -0.05) is 72.8 Å². The molecule has 1 aliphatic heterocycles. The molecule has 1 fully saturated rings. The number of nitrogens with zero attached hydrogens (tertiary/aromatic N) is 2. The fourth-order valence-corrected chi connectivity index (χ4v) is 10.9. The Morgan fingerprint density at radius 1 is 0.885 bits per heavy atom. The Bertz CT molecular complexity index is 2290. The van der Waals surface area contributed by atoms with Crippen molar-refractivity contribution in [1.29, 1.82) is 0 Å². The second-order valence-corrected chi connectivity index (χ2v) is 17.5. The van der Waals surface area contributed by atoms with Crippen LogP contribution in [0.2, 0.25) is 0 Å². The summed E-state index contributed by atoms with van der Waals surface area (Å²) in [5.74, 6) is -1.48. The Morgan fingerprint density at radius 2 is 1.41 bits per heavy atom. The van der Waals surface area contributed by atoms with Gasteiger partial charge in [0.05, 0.1) is 33.9 Å². The average molecular weight is 856 g/mol. The molecule has 15 heteroatoms. The third-order valence-electron chi connectivity index (χ3n) is 10.6. The second-order valence-electron chi connectivity index (χ2n) is 15.3. The van der Waals surface area contributed by atoms with Crippen molar-refractivity contribution in [3.8, 4) is 11.5 Å². The average Bonchev–Trinajstić information content (AvgIpc) is 3.57. The molecule has 4 aromatic carbocycles. The number of nitrogens with one attached hydrogen (secondary N) is 2. The van der Waals surface area contributed by atoms with Crippen molar-refractivity contribution in [3.05, 3.63) is 164 Å². The van der Waals surface area contributed by atoms with Crippen molar-refractivity contribution < 1.29 is 37.9 Å². The first-order valence-electron chi connectivity index (χ1n) is 20.3. The molecular formula is C46H56N4O10P+. The van der Waals surface area contributed by atoms with Crippen LogP contribution in [0.5, 0.6) is 11.5 Å². The topological polar surface area (TPSA) is 163 Å². The van der Waals surface area contributed by atoms with Crippen molar-refractivity contribution in [2.45, 2.75) is 83.8 Å². The summed E-state index contributed by atoms with van der Waals surface area (Å²) < 4.78 is 41.7. The Hall–Kier alpha value is -5.18. The summed E-state index contributed by atoms with van der Waals surface area (Å²) in [6.07, 6.45) is -1.43. The number of rotatable bonds is 18. The molecule has 61 heavy (non-hydrogen) atoms. The molecular weight excluding hydrogens is 799 g/mol. The van der Waals surface area contributed by atoms with Gasteiger partial charge in [-0.25, -0.2) is 4.79 Å². The molecule has 0 spiro atoms. The van der Waals surface area contributed by atoms with Crippen LogP contribution >= 0.6 is 8.02 Å². The van der Waals surface area contributed by atoms with Gasteiger partial charge in [0.1, 0.15) is 29.4 Å². The van der Waals surface area contributed by atoms with E-state index < -0.39 is 48.9 Å². The second kappa shape index (κ2) is 19.3. The number of ether oxygens (including phenoxy) is 4. The van der Waals surface area contributed by atoms with Gasteiger partial charge in [0.15, 0.2) is 0 Å². The highest BCUT2D eigenvalue weighted by atomic mass is 31.2. The van der Waals surface area contributed by atoms with Gasteiger partial charge in [-0.2, -0.15) is 9.61 Å². The summed E-state index contributed by atoms with van der Waals surface area (Å²) in [4.78, 5) is 42.4. The van der Waals surface area contributed by atoms with Gasteiger partial charge in [0.2, 0.25) is 5.79 Å². The molecule has 0 bridgehead atoms. The van der Waals surface area contributed by atoms with Crippen LogP contribution in [0.1, 0.15) is 79.9 Å². The lowest BCUT2D eigenvalue weighted by molar-refractivity contribution is -0.204. The molecule has 4 atom stereocenters. The number of carbonyl (C=O) groups is 1. The molecule has 324 valence electrons. The smallest absolute Gasteiger partial charge is 0.465 e. The number of carbonyl (C=O) groups excluding carboxylic acids is 1. The largest absolute Gasteiger partial charge is 0.497 e. The summed E-state index contributed by atoms with van der Waals surface area (Å²) in [6, 6.07) is 32.8. The summed E-state index contributed by atoms with van der Waals surface area (Å²) in [5.41, 5.74) is 0.211. The lowest BCUT2D eigenvalue weighted by Crippen LogP contribution is -2.52. The van der Waals surface area contributed by atoms with Crippen LogP contribution < -0.4 is 25.8 Å². The number of aromatic amines is 1. The van der Waals surface area contributed by atoms with E-state index in [1.807, 2.05) is 117 Å². The van der Waals surface area contributed by atoms with Gasteiger partial charge < -0.3 is 24.1 Å². The molecule has 0 aliphatic carbocycles. The van der Waals surface area contributed by atoms with Gasteiger partial charge in [-0.15, -0.1) is 9.19 Å². The van der Waals surface area contributed by atoms with Gasteiger partial charge in [-0.3, -0.25) is 19.1 Å². The predicted octanol–water partition coefficient (Wildman–Crippen LogP) is 7.13. The van der Waals surface area contributed by atoms with Crippen LogP contribution in [0, 0.1) is 6.92 Å². The van der Waals surface area contributed by atoms with Crippen molar-refractivity contribution in [2.75, 3.05) is 27.4 Å². The van der Waals surface area contributed by atoms with Crippen LogP contribution in [-0.4, -0.2) is 76.6 Å². The number of amides is 1. The zero-order valence-corrected chi connectivity index (χ0v) is 36.8. The fourth-order valence-electron chi connectivity index (χ4n) is 7.86. The number of hydrogen-bond acceptors (Lipinski definition) is 11. The van der Waals surface area contributed by atoms with Crippen molar-refractivity contribution in [3.63, 3.8) is 0 Å². The first kappa shape index (κ1) is 45.3. The first-order valence-corrected chi connectivity index (χ1v) is 21.9. The molecule has 2 heterocycles. The van der Waals surface area contributed by atoms with E-state index in [4.69, 9.17) is 28.0 Å². The summed E-state index contributed by atoms with van der Waals surface area (Å²) in [5, 5.41) is 16.3. The highest BCUT2D eigenvalue weighted by Crippen LogP contribution is 2.66. The number of methoxy groups -OCH3 is 2. The van der Waals surface area contributed by atoms with Crippen molar-refractivity contribution in [1.82, 2.24) is 19.3 Å². The van der Waals surface area contributed by atoms with Gasteiger partial charge in [0, 0.05) is 29.4 Å². The molecule has 1 aromatic heterocycles. The lowest BCUT2D eigenvalue weighted by atomic mass is 9.80. The van der Waals surface area contributed by atoms with E-state index in [9.17, 15) is 19.5 Å². The van der Waals surface area contributed by atoms with Crippen molar-refractivity contribution >= 4 is 13.9 Å². The standard InChI is InChI=1S/C46H55N4O10P/c1-9-58-61(50(31(2)3)32(4)5,48-43(52)34-16-12-10-13-17-34)60-45(54)28-41(49-29-33(6)42(51)47-44(49)53)59-40(45)30-57-46(35-18-14-11-15-19-35,36-20-24-38(55-7)25-21-36)37-22-26-39(56-8)27-23-37/h10-27,29,31-32,40-41,54H,9,28,30H2,1-8H3,(H-,47,48,51,52,53)/p+1/t40-,41-,45+,61?/m1/s1. The molecule has 6 rings (SSSR count). The molecule has 1 unspecified atom stereocenters. The Kier molecular flexibility index (Phi) is 14.3. The van der Waals surface area contributed by atoms with E-state index in [0.29, 0.717) is 17.1 Å². The Morgan fingerprint density at radius 3 is 1.92 bits per heavy atom. The minimum atomic E-state index is -3.82. The number of aryl methyl sites for hydroxylation is 1. The SMILES string of the molecule is CCO[P+](NC(=O)c1ccccc1)(O[C@@]1(O)C[C@H](n2cc(C)c(=O)[nH]c2=O)O[C@@H]1COC(c1ccccc1)(c1ccc(OC)cc1)c1ccc(OC)cc1)N(C(C)C)C(C)C. The highest BCUT2D eigenvalue weighted by Gasteiger charge is 2.65. The van der Waals surface area contributed by atoms with Gasteiger partial charge in [-0.05, 0) is 94.6 Å². The molecule has 14 nitrogen and oxygen atoms in total. The minimum absolute atomic E-state index is 0.102. The lowest BCUT2D eigenvalue weighted by Gasteiger charge is -2.41. The summed E-state index contributed by atoms with van der Waals surface area (Å²) in [7, 11) is -0.634. The Balaban J connectivity index is 1.53.